The lowest BCUT2D eigenvalue weighted by molar-refractivity contribution is 0.633. The maximum Gasteiger partial charge on any atom is 0.191 e. The van der Waals surface area contributed by atoms with Crippen molar-refractivity contribution >= 4 is 27.5 Å². The van der Waals surface area contributed by atoms with Gasteiger partial charge in [-0.05, 0) is 47.8 Å². The van der Waals surface area contributed by atoms with Gasteiger partial charge in [-0.1, -0.05) is 12.2 Å². The number of rotatable bonds is 4. The van der Waals surface area contributed by atoms with Crippen molar-refractivity contribution in [2.24, 2.45) is 4.99 Å². The van der Waals surface area contributed by atoms with Crippen molar-refractivity contribution in [1.29, 1.82) is 0 Å². The van der Waals surface area contributed by atoms with Gasteiger partial charge in [-0.2, -0.15) is 0 Å². The number of hydrogen-bond donors (Lipinski definition) is 2. The van der Waals surface area contributed by atoms with Crippen LogP contribution in [0.4, 0.5) is 0 Å². The average Bonchev–Trinajstić information content (AvgIpc) is 3.13. The summed E-state index contributed by atoms with van der Waals surface area (Å²) < 4.78 is 3.05. The van der Waals surface area contributed by atoms with Crippen LogP contribution >= 0.6 is 15.9 Å². The number of guanidine groups is 1. The normalized spacial score (nSPS) is 15.6. The number of aromatic nitrogens is 2. The Morgan fingerprint density at radius 1 is 1.36 bits per heavy atom. The van der Waals surface area contributed by atoms with Crippen molar-refractivity contribution in [2.45, 2.75) is 32.4 Å². The van der Waals surface area contributed by atoms with Gasteiger partial charge in [0.1, 0.15) is 5.65 Å². The maximum absolute atomic E-state index is 4.64. The minimum Gasteiger partial charge on any atom is -0.357 e. The molecule has 0 bridgehead atoms. The van der Waals surface area contributed by atoms with Gasteiger partial charge >= 0.3 is 0 Å². The molecule has 1 aliphatic rings. The molecule has 2 N–H and O–H groups in total. The second-order valence-electron chi connectivity index (χ2n) is 5.32. The molecule has 116 valence electrons. The smallest absolute Gasteiger partial charge is 0.191 e. The first-order valence-electron chi connectivity index (χ1n) is 7.57. The summed E-state index contributed by atoms with van der Waals surface area (Å²) >= 11 is 3.47. The van der Waals surface area contributed by atoms with Crippen molar-refractivity contribution in [3.8, 4) is 0 Å². The molecule has 0 saturated heterocycles. The van der Waals surface area contributed by atoms with Crippen LogP contribution in [0.5, 0.6) is 0 Å². The molecule has 0 aromatic carbocycles. The van der Waals surface area contributed by atoms with Gasteiger partial charge in [0.2, 0.25) is 0 Å². The predicted octanol–water partition coefficient (Wildman–Crippen LogP) is 2.87. The minimum absolute atomic E-state index is 0.454. The summed E-state index contributed by atoms with van der Waals surface area (Å²) in [5.74, 6) is 0.856. The molecule has 0 amide bonds. The number of fused-ring (bicyclic) bond motifs is 1. The summed E-state index contributed by atoms with van der Waals surface area (Å²) in [7, 11) is 0. The molecular formula is C16H20BrN5. The van der Waals surface area contributed by atoms with Crippen LogP contribution in [0.1, 0.15) is 25.5 Å². The Bertz CT molecular complexity index is 696. The highest BCUT2D eigenvalue weighted by molar-refractivity contribution is 9.10. The molecule has 2 heterocycles. The van der Waals surface area contributed by atoms with E-state index in [0.717, 1.165) is 41.2 Å². The third-order valence-corrected chi connectivity index (χ3v) is 4.03. The number of pyridine rings is 1. The van der Waals surface area contributed by atoms with Gasteiger partial charge < -0.3 is 15.0 Å². The predicted molar refractivity (Wildman–Crippen MR) is 93.0 cm³/mol. The summed E-state index contributed by atoms with van der Waals surface area (Å²) in [6, 6.07) is 4.44. The number of imidazole rings is 1. The van der Waals surface area contributed by atoms with E-state index in [1.54, 1.807) is 0 Å². The number of hydrogen-bond acceptors (Lipinski definition) is 2. The van der Waals surface area contributed by atoms with E-state index in [9.17, 15) is 0 Å². The van der Waals surface area contributed by atoms with Gasteiger partial charge in [-0.15, -0.1) is 0 Å². The number of nitrogens with zero attached hydrogens (tertiary/aromatic N) is 3. The van der Waals surface area contributed by atoms with E-state index < -0.39 is 0 Å². The first-order valence-corrected chi connectivity index (χ1v) is 8.37. The summed E-state index contributed by atoms with van der Waals surface area (Å²) in [5, 5.41) is 6.76. The van der Waals surface area contributed by atoms with E-state index in [4.69, 9.17) is 0 Å². The maximum atomic E-state index is 4.64. The molecule has 1 aliphatic carbocycles. The molecule has 0 spiro atoms. The van der Waals surface area contributed by atoms with Crippen LogP contribution < -0.4 is 10.6 Å². The lowest BCUT2D eigenvalue weighted by atomic mass is 10.2. The molecule has 22 heavy (non-hydrogen) atoms. The molecular weight excluding hydrogens is 342 g/mol. The minimum atomic E-state index is 0.454. The Morgan fingerprint density at radius 3 is 2.95 bits per heavy atom. The average molecular weight is 362 g/mol. The van der Waals surface area contributed by atoms with Gasteiger partial charge in [0.15, 0.2) is 5.96 Å². The Kier molecular flexibility index (Phi) is 4.77. The third kappa shape index (κ3) is 3.68. The number of halogens is 1. The van der Waals surface area contributed by atoms with Gasteiger partial charge in [0, 0.05) is 29.5 Å². The van der Waals surface area contributed by atoms with Gasteiger partial charge in [0.05, 0.1) is 12.2 Å². The molecule has 5 nitrogen and oxygen atoms in total. The van der Waals surface area contributed by atoms with Gasteiger partial charge in [-0.25, -0.2) is 9.98 Å². The van der Waals surface area contributed by atoms with Crippen molar-refractivity contribution in [3.05, 3.63) is 46.8 Å². The molecule has 6 heteroatoms. The zero-order chi connectivity index (χ0) is 15.4. The summed E-state index contributed by atoms with van der Waals surface area (Å²) in [6.45, 7) is 3.49. The molecule has 2 aromatic rings. The molecule has 3 rings (SSSR count). The van der Waals surface area contributed by atoms with Crippen LogP contribution in [0.25, 0.3) is 5.65 Å². The summed E-state index contributed by atoms with van der Waals surface area (Å²) in [4.78, 5) is 9.23. The number of nitrogens with one attached hydrogen (secondary N) is 2. The Balaban J connectivity index is 1.70. The topological polar surface area (TPSA) is 53.7 Å². The monoisotopic (exact) mass is 361 g/mol. The van der Waals surface area contributed by atoms with Crippen molar-refractivity contribution in [2.75, 3.05) is 6.54 Å². The molecule has 0 unspecified atom stereocenters. The number of aliphatic imine (C=N–C) groups is 1. The first kappa shape index (κ1) is 15.1. The van der Waals surface area contributed by atoms with E-state index >= 15 is 0 Å². The van der Waals surface area contributed by atoms with Crippen molar-refractivity contribution < 1.29 is 0 Å². The van der Waals surface area contributed by atoms with E-state index in [1.165, 1.54) is 0 Å². The van der Waals surface area contributed by atoms with Crippen molar-refractivity contribution in [1.82, 2.24) is 20.0 Å². The van der Waals surface area contributed by atoms with E-state index in [-0.39, 0.29) is 0 Å². The molecule has 0 radical (unpaired) electrons. The Labute approximate surface area is 138 Å². The van der Waals surface area contributed by atoms with Crippen LogP contribution in [0.3, 0.4) is 0 Å². The molecule has 0 aliphatic heterocycles. The molecule has 0 saturated carbocycles. The second kappa shape index (κ2) is 6.96. The Hall–Kier alpha value is -1.82. The highest BCUT2D eigenvalue weighted by Crippen LogP contribution is 2.13. The quantitative estimate of drug-likeness (QED) is 0.500. The molecule has 0 atom stereocenters. The first-order chi connectivity index (χ1) is 10.7. The largest absolute Gasteiger partial charge is 0.357 e. The van der Waals surface area contributed by atoms with Crippen LogP contribution in [-0.4, -0.2) is 27.9 Å². The van der Waals surface area contributed by atoms with Crippen LogP contribution in [0, 0.1) is 0 Å². The standard InChI is InChI=1S/C16H20BrN5/c1-2-18-16(21-13-5-3-4-6-13)19-9-14-11-22-10-12(17)7-8-15(22)20-14/h3-4,7-8,10-11,13H,2,5-6,9H2,1H3,(H2,18,19,21). The Morgan fingerprint density at radius 2 is 2.18 bits per heavy atom. The lowest BCUT2D eigenvalue weighted by Crippen LogP contribution is -2.42. The molecule has 2 aromatic heterocycles. The van der Waals surface area contributed by atoms with Crippen LogP contribution in [-0.2, 0) is 6.54 Å². The fourth-order valence-corrected chi connectivity index (χ4v) is 2.85. The zero-order valence-electron chi connectivity index (χ0n) is 12.6. The zero-order valence-corrected chi connectivity index (χ0v) is 14.2. The fraction of sp³-hybridized carbons (Fsp3) is 0.375. The third-order valence-electron chi connectivity index (χ3n) is 3.56. The van der Waals surface area contributed by atoms with E-state index in [0.29, 0.717) is 12.6 Å². The van der Waals surface area contributed by atoms with Gasteiger partial charge in [-0.3, -0.25) is 0 Å². The summed E-state index contributed by atoms with van der Waals surface area (Å²) in [5.41, 5.74) is 1.89. The van der Waals surface area contributed by atoms with Gasteiger partial charge in [0.25, 0.3) is 0 Å². The molecule has 0 fully saturated rings. The highest BCUT2D eigenvalue weighted by Gasteiger charge is 2.11. The SMILES string of the molecule is CCNC(=NCc1cn2cc(Br)ccc2n1)NC1CC=CC1. The van der Waals surface area contributed by atoms with Crippen LogP contribution in [0.2, 0.25) is 0 Å². The lowest BCUT2D eigenvalue weighted by Gasteiger charge is -2.16. The fourth-order valence-electron chi connectivity index (χ4n) is 2.50. The van der Waals surface area contributed by atoms with E-state index in [2.05, 4.69) is 55.6 Å². The second-order valence-corrected chi connectivity index (χ2v) is 6.24. The van der Waals surface area contributed by atoms with E-state index in [1.807, 2.05) is 28.9 Å². The van der Waals surface area contributed by atoms with Crippen LogP contribution in [0.15, 0.2) is 46.1 Å². The summed E-state index contributed by atoms with van der Waals surface area (Å²) in [6.07, 6.45) is 10.6. The highest BCUT2D eigenvalue weighted by atomic mass is 79.9. The van der Waals surface area contributed by atoms with Crippen molar-refractivity contribution in [3.63, 3.8) is 0 Å².